The van der Waals surface area contributed by atoms with Crippen molar-refractivity contribution in [1.29, 1.82) is 0 Å². The van der Waals surface area contributed by atoms with Crippen LogP contribution in [0.3, 0.4) is 0 Å². The van der Waals surface area contributed by atoms with Gasteiger partial charge in [0.2, 0.25) is 5.91 Å². The molecule has 1 amide bonds. The molecule has 0 spiro atoms. The lowest BCUT2D eigenvalue weighted by Crippen LogP contribution is -2.43. The first kappa shape index (κ1) is 17.2. The van der Waals surface area contributed by atoms with E-state index >= 15 is 0 Å². The average molecular weight is 368 g/mol. The van der Waals surface area contributed by atoms with E-state index in [1.54, 1.807) is 29.8 Å². The standard InChI is InChI=1S/C16H20N2O4S2/c1-12(14-4-2-10-22-14)17-16(19)13-6-8-18(9-7-13)24(20,21)15-5-3-11-23-15/h2-5,10-13H,6-9H2,1H3,(H,17,19)/t12-/m0/s1. The largest absolute Gasteiger partial charge is 0.467 e. The predicted molar refractivity (Wildman–Crippen MR) is 91.1 cm³/mol. The van der Waals surface area contributed by atoms with Gasteiger partial charge >= 0.3 is 0 Å². The Hall–Kier alpha value is -1.64. The van der Waals surface area contributed by atoms with E-state index in [-0.39, 0.29) is 17.9 Å². The SMILES string of the molecule is C[C@H](NC(=O)C1CCN(S(=O)(=O)c2cccs2)CC1)c1ccco1. The zero-order chi connectivity index (χ0) is 17.2. The molecule has 1 saturated heterocycles. The number of rotatable bonds is 5. The number of sulfonamides is 1. The highest BCUT2D eigenvalue weighted by molar-refractivity contribution is 7.91. The van der Waals surface area contributed by atoms with Crippen LogP contribution in [-0.2, 0) is 14.8 Å². The van der Waals surface area contributed by atoms with Gasteiger partial charge in [0.15, 0.2) is 0 Å². The molecule has 0 aliphatic carbocycles. The summed E-state index contributed by atoms with van der Waals surface area (Å²) in [6, 6.07) is 6.75. The minimum atomic E-state index is -3.42. The van der Waals surface area contributed by atoms with Gasteiger partial charge in [-0.1, -0.05) is 6.07 Å². The van der Waals surface area contributed by atoms with Crippen molar-refractivity contribution in [1.82, 2.24) is 9.62 Å². The van der Waals surface area contributed by atoms with Crippen molar-refractivity contribution in [3.8, 4) is 0 Å². The third-order valence-electron chi connectivity index (χ3n) is 4.24. The fourth-order valence-corrected chi connectivity index (χ4v) is 5.45. The second-order valence-corrected chi connectivity index (χ2v) is 8.97. The van der Waals surface area contributed by atoms with Crippen molar-refractivity contribution in [2.45, 2.75) is 30.0 Å². The predicted octanol–water partition coefficient (Wildman–Crippen LogP) is 2.62. The minimum Gasteiger partial charge on any atom is -0.467 e. The highest BCUT2D eigenvalue weighted by Gasteiger charge is 2.33. The average Bonchev–Trinajstić information content (AvgIpc) is 3.28. The molecule has 3 rings (SSSR count). The minimum absolute atomic E-state index is 0.0490. The van der Waals surface area contributed by atoms with Crippen molar-refractivity contribution >= 4 is 27.3 Å². The smallest absolute Gasteiger partial charge is 0.252 e. The van der Waals surface area contributed by atoms with Gasteiger partial charge < -0.3 is 9.73 Å². The van der Waals surface area contributed by atoms with Crippen LogP contribution in [0, 0.1) is 5.92 Å². The molecule has 1 aliphatic rings. The van der Waals surface area contributed by atoms with E-state index in [2.05, 4.69) is 5.32 Å². The van der Waals surface area contributed by atoms with Crippen molar-refractivity contribution in [3.63, 3.8) is 0 Å². The molecule has 24 heavy (non-hydrogen) atoms. The van der Waals surface area contributed by atoms with Gasteiger partial charge in [-0.2, -0.15) is 4.31 Å². The number of nitrogens with one attached hydrogen (secondary N) is 1. The highest BCUT2D eigenvalue weighted by Crippen LogP contribution is 2.26. The van der Waals surface area contributed by atoms with Gasteiger partial charge in [0, 0.05) is 19.0 Å². The molecule has 0 radical (unpaired) electrons. The fourth-order valence-electron chi connectivity index (χ4n) is 2.84. The van der Waals surface area contributed by atoms with Crippen molar-refractivity contribution < 1.29 is 17.6 Å². The van der Waals surface area contributed by atoms with Gasteiger partial charge in [0.25, 0.3) is 10.0 Å². The van der Waals surface area contributed by atoms with Crippen LogP contribution in [0.4, 0.5) is 0 Å². The number of piperidine rings is 1. The zero-order valence-electron chi connectivity index (χ0n) is 13.3. The molecule has 1 fully saturated rings. The molecule has 1 N–H and O–H groups in total. The Balaban J connectivity index is 1.56. The van der Waals surface area contributed by atoms with Crippen LogP contribution in [-0.4, -0.2) is 31.7 Å². The first-order valence-corrected chi connectivity index (χ1v) is 10.2. The summed E-state index contributed by atoms with van der Waals surface area (Å²) < 4.78 is 32.1. The molecule has 0 unspecified atom stereocenters. The molecular weight excluding hydrogens is 348 g/mol. The Labute approximate surface area is 145 Å². The van der Waals surface area contributed by atoms with Crippen molar-refractivity contribution in [2.75, 3.05) is 13.1 Å². The molecular formula is C16H20N2O4S2. The fraction of sp³-hybridized carbons (Fsp3) is 0.438. The summed E-state index contributed by atoms with van der Waals surface area (Å²) in [6.45, 7) is 2.61. The van der Waals surface area contributed by atoms with Gasteiger partial charge in [-0.25, -0.2) is 8.42 Å². The van der Waals surface area contributed by atoms with E-state index in [1.807, 2.05) is 13.0 Å². The molecule has 8 heteroatoms. The number of carbonyl (C=O) groups is 1. The molecule has 1 atom stereocenters. The third kappa shape index (κ3) is 3.55. The Morgan fingerprint density at radius 3 is 2.67 bits per heavy atom. The van der Waals surface area contributed by atoms with Crippen LogP contribution >= 0.6 is 11.3 Å². The maximum Gasteiger partial charge on any atom is 0.252 e. The van der Waals surface area contributed by atoms with Gasteiger partial charge in [-0.05, 0) is 43.3 Å². The lowest BCUT2D eigenvalue weighted by atomic mass is 9.97. The summed E-state index contributed by atoms with van der Waals surface area (Å²) in [7, 11) is -3.42. The summed E-state index contributed by atoms with van der Waals surface area (Å²) in [5.74, 6) is 0.491. The molecule has 0 aromatic carbocycles. The Morgan fingerprint density at radius 1 is 1.33 bits per heavy atom. The quantitative estimate of drug-likeness (QED) is 0.880. The van der Waals surface area contributed by atoms with Crippen LogP contribution in [0.2, 0.25) is 0 Å². The van der Waals surface area contributed by atoms with Gasteiger partial charge in [-0.15, -0.1) is 11.3 Å². The molecule has 3 heterocycles. The number of furan rings is 1. The maximum absolute atomic E-state index is 12.5. The Kier molecular flexibility index (Phi) is 5.07. The first-order valence-electron chi connectivity index (χ1n) is 7.86. The monoisotopic (exact) mass is 368 g/mol. The van der Waals surface area contributed by atoms with Crippen LogP contribution in [0.15, 0.2) is 44.5 Å². The van der Waals surface area contributed by atoms with Crippen LogP contribution in [0.1, 0.15) is 31.6 Å². The first-order chi connectivity index (χ1) is 11.5. The maximum atomic E-state index is 12.5. The lowest BCUT2D eigenvalue weighted by molar-refractivity contribution is -0.126. The molecule has 2 aromatic heterocycles. The normalized spacial score (nSPS) is 18.4. The summed E-state index contributed by atoms with van der Waals surface area (Å²) in [5.41, 5.74) is 0. The van der Waals surface area contributed by atoms with Gasteiger partial charge in [0.1, 0.15) is 9.97 Å². The topological polar surface area (TPSA) is 79.6 Å². The molecule has 6 nitrogen and oxygen atoms in total. The summed E-state index contributed by atoms with van der Waals surface area (Å²) >= 11 is 1.22. The van der Waals surface area contributed by atoms with E-state index in [9.17, 15) is 13.2 Å². The third-order valence-corrected chi connectivity index (χ3v) is 7.51. The van der Waals surface area contributed by atoms with Gasteiger partial charge in [0.05, 0.1) is 12.3 Å². The van der Waals surface area contributed by atoms with E-state index in [0.717, 1.165) is 0 Å². The van der Waals surface area contributed by atoms with E-state index in [1.165, 1.54) is 15.6 Å². The molecule has 1 aliphatic heterocycles. The van der Waals surface area contributed by atoms with E-state index < -0.39 is 10.0 Å². The van der Waals surface area contributed by atoms with Crippen LogP contribution < -0.4 is 5.32 Å². The molecule has 2 aromatic rings. The highest BCUT2D eigenvalue weighted by atomic mass is 32.2. The molecule has 130 valence electrons. The zero-order valence-corrected chi connectivity index (χ0v) is 15.0. The number of carbonyl (C=O) groups excluding carboxylic acids is 1. The second kappa shape index (κ2) is 7.08. The Bertz CT molecular complexity index is 761. The molecule has 0 saturated carbocycles. The van der Waals surface area contributed by atoms with Crippen molar-refractivity contribution in [2.24, 2.45) is 5.92 Å². The van der Waals surface area contributed by atoms with E-state index in [4.69, 9.17) is 4.42 Å². The van der Waals surface area contributed by atoms with Crippen molar-refractivity contribution in [3.05, 3.63) is 41.7 Å². The number of hydrogen-bond donors (Lipinski definition) is 1. The second-order valence-electron chi connectivity index (χ2n) is 5.86. The lowest BCUT2D eigenvalue weighted by Gasteiger charge is -2.30. The van der Waals surface area contributed by atoms with Crippen LogP contribution in [0.25, 0.3) is 0 Å². The summed E-state index contributed by atoms with van der Waals surface area (Å²) in [4.78, 5) is 12.4. The summed E-state index contributed by atoms with van der Waals surface area (Å²) in [6.07, 6.45) is 2.63. The number of hydrogen-bond acceptors (Lipinski definition) is 5. The van der Waals surface area contributed by atoms with Gasteiger partial charge in [-0.3, -0.25) is 4.79 Å². The molecule has 0 bridgehead atoms. The van der Waals surface area contributed by atoms with Crippen LogP contribution in [0.5, 0.6) is 0 Å². The number of thiophene rings is 1. The Morgan fingerprint density at radius 2 is 2.08 bits per heavy atom. The number of nitrogens with zero attached hydrogens (tertiary/aromatic N) is 1. The van der Waals surface area contributed by atoms with E-state index in [0.29, 0.717) is 35.9 Å². The number of amides is 1. The summed E-state index contributed by atoms with van der Waals surface area (Å²) in [5, 5.41) is 4.69.